The number of benzene rings is 1. The fourth-order valence-corrected chi connectivity index (χ4v) is 5.15. The van der Waals surface area contributed by atoms with Crippen LogP contribution in [-0.2, 0) is 24.3 Å². The Morgan fingerprint density at radius 1 is 1.07 bits per heavy atom. The highest BCUT2D eigenvalue weighted by atomic mass is 32.2. The Morgan fingerprint density at radius 2 is 1.63 bits per heavy atom. The molecule has 148 valence electrons. The summed E-state index contributed by atoms with van der Waals surface area (Å²) in [5.41, 5.74) is -0.207. The van der Waals surface area contributed by atoms with Gasteiger partial charge in [0.05, 0.1) is 28.9 Å². The van der Waals surface area contributed by atoms with Crippen LogP contribution in [0, 0.1) is 11.8 Å². The molecule has 2 fully saturated rings. The zero-order valence-electron chi connectivity index (χ0n) is 15.4. The van der Waals surface area contributed by atoms with Crippen molar-refractivity contribution >= 4 is 27.6 Å². The van der Waals surface area contributed by atoms with E-state index >= 15 is 0 Å². The molecule has 2 heterocycles. The van der Waals surface area contributed by atoms with Gasteiger partial charge in [-0.15, -0.1) is 0 Å². The number of carbonyl (C=O) groups is 2. The smallest absolute Gasteiger partial charge is 0.310 e. The van der Waals surface area contributed by atoms with E-state index in [0.717, 1.165) is 0 Å². The van der Waals surface area contributed by atoms with E-state index in [0.29, 0.717) is 18.5 Å². The summed E-state index contributed by atoms with van der Waals surface area (Å²) in [7, 11) is -3.67. The van der Waals surface area contributed by atoms with Crippen LogP contribution in [0.25, 0.3) is 0 Å². The van der Waals surface area contributed by atoms with E-state index in [1.807, 2.05) is 0 Å². The molecule has 0 radical (unpaired) electrons. The molecule has 1 aromatic rings. The highest BCUT2D eigenvalue weighted by molar-refractivity contribution is 7.89. The Bertz CT molecular complexity index is 844. The van der Waals surface area contributed by atoms with Gasteiger partial charge in [-0.3, -0.25) is 9.59 Å². The van der Waals surface area contributed by atoms with Crippen LogP contribution in [0.1, 0.15) is 33.6 Å². The Balaban J connectivity index is 1.72. The SMILES string of the molecule is CC(C)(C)NS(=O)(=O)c1ccc(NC(=O)[C@@H]2[C@@H](C(=O)O)[C@H]3CC[C@@H]2O3)cc1. The molecule has 27 heavy (non-hydrogen) atoms. The van der Waals surface area contributed by atoms with Gasteiger partial charge in [-0.2, -0.15) is 0 Å². The lowest BCUT2D eigenvalue weighted by Gasteiger charge is -2.24. The third kappa shape index (κ3) is 4.15. The van der Waals surface area contributed by atoms with Crippen molar-refractivity contribution in [2.45, 2.75) is 56.3 Å². The first-order valence-electron chi connectivity index (χ1n) is 8.81. The summed E-state index contributed by atoms with van der Waals surface area (Å²) in [5.74, 6) is -3.04. The van der Waals surface area contributed by atoms with E-state index in [2.05, 4.69) is 10.0 Å². The van der Waals surface area contributed by atoms with E-state index in [4.69, 9.17) is 4.74 Å². The lowest BCUT2D eigenvalue weighted by molar-refractivity contribution is -0.147. The molecule has 1 amide bonds. The number of carbonyl (C=O) groups excluding carboxylic acids is 1. The van der Waals surface area contributed by atoms with E-state index in [-0.39, 0.29) is 11.0 Å². The van der Waals surface area contributed by atoms with Gasteiger partial charge in [0.15, 0.2) is 0 Å². The van der Waals surface area contributed by atoms with Crippen LogP contribution in [0.15, 0.2) is 29.2 Å². The van der Waals surface area contributed by atoms with Crippen molar-refractivity contribution in [1.82, 2.24) is 4.72 Å². The van der Waals surface area contributed by atoms with Crippen LogP contribution in [0.3, 0.4) is 0 Å². The molecule has 0 unspecified atom stereocenters. The molecular weight excluding hydrogens is 372 g/mol. The van der Waals surface area contributed by atoms with E-state index in [1.54, 1.807) is 20.8 Å². The maximum atomic E-state index is 12.6. The summed E-state index contributed by atoms with van der Waals surface area (Å²) in [6.07, 6.45) is 0.520. The number of ether oxygens (including phenoxy) is 1. The minimum atomic E-state index is -3.67. The molecule has 0 aromatic heterocycles. The largest absolute Gasteiger partial charge is 0.481 e. The normalized spacial score (nSPS) is 27.5. The van der Waals surface area contributed by atoms with Gasteiger partial charge >= 0.3 is 5.97 Å². The summed E-state index contributed by atoms with van der Waals surface area (Å²) in [6, 6.07) is 5.77. The Kier molecular flexibility index (Phi) is 5.04. The van der Waals surface area contributed by atoms with Crippen molar-refractivity contribution in [3.8, 4) is 0 Å². The molecule has 0 aliphatic carbocycles. The summed E-state index contributed by atoms with van der Waals surface area (Å²) >= 11 is 0. The van der Waals surface area contributed by atoms with Crippen LogP contribution in [0.2, 0.25) is 0 Å². The Hall–Kier alpha value is -1.97. The molecule has 2 aliphatic rings. The fraction of sp³-hybridized carbons (Fsp3) is 0.556. The zero-order chi connectivity index (χ0) is 20.0. The van der Waals surface area contributed by atoms with Crippen LogP contribution >= 0.6 is 0 Å². The quantitative estimate of drug-likeness (QED) is 0.695. The number of amides is 1. The number of hydrogen-bond donors (Lipinski definition) is 3. The van der Waals surface area contributed by atoms with E-state index < -0.39 is 45.4 Å². The van der Waals surface area contributed by atoms with Crippen LogP contribution < -0.4 is 10.0 Å². The first kappa shape index (κ1) is 19.8. The summed E-state index contributed by atoms with van der Waals surface area (Å²) in [6.45, 7) is 5.24. The molecule has 0 saturated carbocycles. The molecule has 3 rings (SSSR count). The molecule has 4 atom stereocenters. The second-order valence-corrected chi connectivity index (χ2v) is 9.73. The van der Waals surface area contributed by atoms with Gasteiger partial charge in [0.2, 0.25) is 15.9 Å². The number of nitrogens with one attached hydrogen (secondary N) is 2. The van der Waals surface area contributed by atoms with Crippen LogP contribution in [0.5, 0.6) is 0 Å². The third-order valence-corrected chi connectivity index (χ3v) is 6.51. The molecule has 2 bridgehead atoms. The first-order chi connectivity index (χ1) is 12.5. The van der Waals surface area contributed by atoms with Gasteiger partial charge in [-0.1, -0.05) is 0 Å². The average Bonchev–Trinajstić information content (AvgIpc) is 3.14. The summed E-state index contributed by atoms with van der Waals surface area (Å²) in [5, 5.41) is 12.1. The van der Waals surface area contributed by atoms with Crippen molar-refractivity contribution < 1.29 is 27.9 Å². The number of sulfonamides is 1. The first-order valence-corrected chi connectivity index (χ1v) is 10.3. The van der Waals surface area contributed by atoms with Gasteiger partial charge < -0.3 is 15.2 Å². The number of hydrogen-bond acceptors (Lipinski definition) is 5. The lowest BCUT2D eigenvalue weighted by atomic mass is 9.78. The number of rotatable bonds is 5. The Morgan fingerprint density at radius 3 is 2.15 bits per heavy atom. The molecule has 2 saturated heterocycles. The molecule has 8 nitrogen and oxygen atoms in total. The molecule has 0 spiro atoms. The van der Waals surface area contributed by atoms with Gasteiger partial charge in [-0.25, -0.2) is 13.1 Å². The molecule has 3 N–H and O–H groups in total. The number of carboxylic acid groups (broad SMARTS) is 1. The second-order valence-electron chi connectivity index (χ2n) is 8.05. The van der Waals surface area contributed by atoms with Crippen molar-refractivity contribution in [2.75, 3.05) is 5.32 Å². The van der Waals surface area contributed by atoms with Gasteiger partial charge in [-0.05, 0) is 57.9 Å². The van der Waals surface area contributed by atoms with E-state index in [1.165, 1.54) is 24.3 Å². The van der Waals surface area contributed by atoms with Gasteiger partial charge in [0.1, 0.15) is 0 Å². The lowest BCUT2D eigenvalue weighted by Crippen LogP contribution is -2.41. The van der Waals surface area contributed by atoms with Gasteiger partial charge in [0, 0.05) is 11.2 Å². The minimum absolute atomic E-state index is 0.0853. The van der Waals surface area contributed by atoms with Crippen molar-refractivity contribution in [1.29, 1.82) is 0 Å². The van der Waals surface area contributed by atoms with Crippen LogP contribution in [0.4, 0.5) is 5.69 Å². The average molecular weight is 396 g/mol. The van der Waals surface area contributed by atoms with Crippen molar-refractivity contribution in [3.05, 3.63) is 24.3 Å². The number of carboxylic acids is 1. The molecule has 1 aromatic carbocycles. The number of aliphatic carboxylic acids is 1. The van der Waals surface area contributed by atoms with Gasteiger partial charge in [0.25, 0.3) is 0 Å². The second kappa shape index (κ2) is 6.88. The van der Waals surface area contributed by atoms with Crippen molar-refractivity contribution in [3.63, 3.8) is 0 Å². The predicted octanol–water partition coefficient (Wildman–Crippen LogP) is 1.58. The maximum absolute atomic E-state index is 12.6. The predicted molar refractivity (Wildman–Crippen MR) is 97.7 cm³/mol. The molecule has 9 heteroatoms. The highest BCUT2D eigenvalue weighted by Gasteiger charge is 2.55. The standard InChI is InChI=1S/C18H24N2O6S/c1-18(2,3)20-27(24,25)11-6-4-10(5-7-11)19-16(21)14-12-8-9-13(26-12)15(14)17(22)23/h4-7,12-15,20H,8-9H2,1-3H3,(H,19,21)(H,22,23)/t12-,13+,14-,15-/m0/s1. The summed E-state index contributed by atoms with van der Waals surface area (Å²) in [4.78, 5) is 24.2. The zero-order valence-corrected chi connectivity index (χ0v) is 16.2. The number of fused-ring (bicyclic) bond motifs is 2. The van der Waals surface area contributed by atoms with Crippen molar-refractivity contribution in [2.24, 2.45) is 11.8 Å². The molecule has 2 aliphatic heterocycles. The topological polar surface area (TPSA) is 122 Å². The summed E-state index contributed by atoms with van der Waals surface area (Å²) < 4.78 is 32.8. The Labute approximate surface area is 158 Å². The highest BCUT2D eigenvalue weighted by Crippen LogP contribution is 2.44. The van der Waals surface area contributed by atoms with E-state index in [9.17, 15) is 23.1 Å². The molecular formula is C18H24N2O6S. The fourth-order valence-electron chi connectivity index (χ4n) is 3.73. The third-order valence-electron chi connectivity index (χ3n) is 4.73. The number of anilines is 1. The maximum Gasteiger partial charge on any atom is 0.310 e. The monoisotopic (exact) mass is 396 g/mol. The van der Waals surface area contributed by atoms with Crippen LogP contribution in [-0.4, -0.2) is 43.1 Å². The minimum Gasteiger partial charge on any atom is -0.481 e.